The summed E-state index contributed by atoms with van der Waals surface area (Å²) >= 11 is 1.80. The average Bonchev–Trinajstić information content (AvgIpc) is 2.75. The van der Waals surface area contributed by atoms with Crippen LogP contribution < -0.4 is 10.2 Å². The van der Waals surface area contributed by atoms with Crippen LogP contribution in [-0.2, 0) is 11.2 Å². The molecular weight excluding hydrogens is 380 g/mol. The molecule has 148 valence electrons. The molecule has 0 aliphatic carbocycles. The van der Waals surface area contributed by atoms with Crippen LogP contribution in [0.5, 0.6) is 5.75 Å². The highest BCUT2D eigenvalue weighted by molar-refractivity contribution is 7.99. The van der Waals surface area contributed by atoms with Gasteiger partial charge in [0, 0.05) is 29.3 Å². The molecule has 0 fully saturated rings. The van der Waals surface area contributed by atoms with Crippen LogP contribution in [0.15, 0.2) is 82.6 Å². The van der Waals surface area contributed by atoms with Crippen molar-refractivity contribution in [3.05, 3.63) is 78.4 Å². The van der Waals surface area contributed by atoms with Crippen LogP contribution in [-0.4, -0.2) is 24.1 Å². The van der Waals surface area contributed by atoms with Crippen LogP contribution in [0.25, 0.3) is 0 Å². The number of amides is 1. The van der Waals surface area contributed by atoms with Crippen molar-refractivity contribution < 1.29 is 9.90 Å². The molecule has 2 N–H and O–H groups in total. The number of benzene rings is 3. The smallest absolute Gasteiger partial charge is 0.220 e. The number of nitrogens with zero attached hydrogens (tertiary/aromatic N) is 1. The summed E-state index contributed by atoms with van der Waals surface area (Å²) in [5, 5.41) is 12.8. The standard InChI is InChI=1S/C24H24N2O2S/c27-21-11-4-1-8-18(21)14-15-24(28)25-16-7-17-26-19-9-2-5-12-22(19)29-23-13-6-3-10-20(23)26/h1-6,8-13,27H,7,14-17H2,(H,25,28). The summed E-state index contributed by atoms with van der Waals surface area (Å²) in [6.45, 7) is 1.47. The molecule has 0 saturated heterocycles. The van der Waals surface area contributed by atoms with E-state index in [1.54, 1.807) is 23.9 Å². The third kappa shape index (κ3) is 4.57. The second-order valence-corrected chi connectivity index (χ2v) is 8.11. The van der Waals surface area contributed by atoms with Crippen LogP contribution in [0.4, 0.5) is 11.4 Å². The number of fused-ring (bicyclic) bond motifs is 2. The number of carbonyl (C=O) groups is 1. The van der Waals surface area contributed by atoms with Crippen LogP contribution in [0.3, 0.4) is 0 Å². The second kappa shape index (κ2) is 9.05. The molecule has 1 aliphatic heterocycles. The fourth-order valence-electron chi connectivity index (χ4n) is 3.55. The Labute approximate surface area is 175 Å². The van der Waals surface area contributed by atoms with Gasteiger partial charge in [-0.3, -0.25) is 4.79 Å². The molecule has 0 aromatic heterocycles. The number of carbonyl (C=O) groups excluding carboxylic acids is 1. The molecule has 3 aromatic rings. The first-order valence-electron chi connectivity index (χ1n) is 9.89. The molecule has 4 nitrogen and oxygen atoms in total. The first-order valence-corrected chi connectivity index (χ1v) is 10.7. The van der Waals surface area contributed by atoms with E-state index in [9.17, 15) is 9.90 Å². The summed E-state index contributed by atoms with van der Waals surface area (Å²) in [4.78, 5) is 17.0. The Balaban J connectivity index is 1.31. The third-order valence-corrected chi connectivity index (χ3v) is 6.16. The van der Waals surface area contributed by atoms with E-state index in [1.807, 2.05) is 12.1 Å². The van der Waals surface area contributed by atoms with Crippen molar-refractivity contribution in [2.24, 2.45) is 0 Å². The first kappa shape index (κ1) is 19.4. The van der Waals surface area contributed by atoms with Gasteiger partial charge in [0.15, 0.2) is 0 Å². The largest absolute Gasteiger partial charge is 0.508 e. The Bertz CT molecular complexity index is 960. The number of rotatable bonds is 7. The highest BCUT2D eigenvalue weighted by Gasteiger charge is 2.22. The number of aromatic hydroxyl groups is 1. The summed E-state index contributed by atoms with van der Waals surface area (Å²) in [6.07, 6.45) is 1.78. The maximum atomic E-state index is 12.2. The zero-order valence-corrected chi connectivity index (χ0v) is 17.0. The van der Waals surface area contributed by atoms with Crippen molar-refractivity contribution in [1.29, 1.82) is 0 Å². The lowest BCUT2D eigenvalue weighted by atomic mass is 10.1. The molecule has 1 heterocycles. The zero-order valence-electron chi connectivity index (χ0n) is 16.2. The van der Waals surface area contributed by atoms with Crippen molar-refractivity contribution in [1.82, 2.24) is 5.32 Å². The zero-order chi connectivity index (χ0) is 20.1. The van der Waals surface area contributed by atoms with Gasteiger partial charge in [0.25, 0.3) is 0 Å². The van der Waals surface area contributed by atoms with Crippen molar-refractivity contribution in [3.63, 3.8) is 0 Å². The Morgan fingerprint density at radius 2 is 1.52 bits per heavy atom. The molecule has 1 aliphatic rings. The monoisotopic (exact) mass is 404 g/mol. The summed E-state index contributed by atoms with van der Waals surface area (Å²) in [5.41, 5.74) is 3.26. The summed E-state index contributed by atoms with van der Waals surface area (Å²) in [6, 6.07) is 24.1. The summed E-state index contributed by atoms with van der Waals surface area (Å²) < 4.78 is 0. The molecule has 29 heavy (non-hydrogen) atoms. The van der Waals surface area contributed by atoms with Gasteiger partial charge in [-0.25, -0.2) is 0 Å². The summed E-state index contributed by atoms with van der Waals surface area (Å²) in [7, 11) is 0. The minimum atomic E-state index is 0.0169. The van der Waals surface area contributed by atoms with Gasteiger partial charge >= 0.3 is 0 Å². The molecule has 3 aromatic carbocycles. The number of anilines is 2. The van der Waals surface area contributed by atoms with Gasteiger partial charge in [-0.05, 0) is 48.7 Å². The first-order chi connectivity index (χ1) is 14.2. The van der Waals surface area contributed by atoms with E-state index in [1.165, 1.54) is 21.2 Å². The number of hydrogen-bond donors (Lipinski definition) is 2. The van der Waals surface area contributed by atoms with Gasteiger partial charge in [0.05, 0.1) is 11.4 Å². The lowest BCUT2D eigenvalue weighted by Gasteiger charge is -2.32. The minimum absolute atomic E-state index is 0.0169. The van der Waals surface area contributed by atoms with E-state index in [0.717, 1.165) is 18.5 Å². The van der Waals surface area contributed by atoms with E-state index >= 15 is 0 Å². The number of phenolic OH excluding ortho intramolecular Hbond substituents is 1. The normalized spacial score (nSPS) is 12.2. The van der Waals surface area contributed by atoms with Gasteiger partial charge in [-0.1, -0.05) is 54.2 Å². The van der Waals surface area contributed by atoms with Crippen LogP contribution in [0.1, 0.15) is 18.4 Å². The lowest BCUT2D eigenvalue weighted by molar-refractivity contribution is -0.121. The molecule has 0 unspecified atom stereocenters. The van der Waals surface area contributed by atoms with Gasteiger partial charge < -0.3 is 15.3 Å². The van der Waals surface area contributed by atoms with Gasteiger partial charge in [-0.2, -0.15) is 0 Å². The van der Waals surface area contributed by atoms with E-state index in [0.29, 0.717) is 19.4 Å². The molecule has 4 rings (SSSR count). The maximum Gasteiger partial charge on any atom is 0.220 e. The molecular formula is C24H24N2O2S. The highest BCUT2D eigenvalue weighted by Crippen LogP contribution is 2.47. The van der Waals surface area contributed by atoms with Crippen LogP contribution >= 0.6 is 11.8 Å². The number of nitrogens with one attached hydrogen (secondary N) is 1. The van der Waals surface area contributed by atoms with Crippen molar-refractivity contribution in [2.75, 3.05) is 18.0 Å². The quantitative estimate of drug-likeness (QED) is 0.536. The minimum Gasteiger partial charge on any atom is -0.508 e. The SMILES string of the molecule is O=C(CCc1ccccc1O)NCCCN1c2ccccc2Sc2ccccc21. The molecule has 0 spiro atoms. The molecule has 5 heteroatoms. The number of hydrogen-bond acceptors (Lipinski definition) is 4. The van der Waals surface area contributed by atoms with E-state index in [2.05, 4.69) is 58.7 Å². The third-order valence-electron chi connectivity index (χ3n) is 5.03. The molecule has 1 amide bonds. The maximum absolute atomic E-state index is 12.2. The van der Waals surface area contributed by atoms with Crippen molar-refractivity contribution >= 4 is 29.0 Å². The van der Waals surface area contributed by atoms with Crippen molar-refractivity contribution in [3.8, 4) is 5.75 Å². The lowest BCUT2D eigenvalue weighted by Crippen LogP contribution is -2.29. The van der Waals surface area contributed by atoms with E-state index in [-0.39, 0.29) is 11.7 Å². The second-order valence-electron chi connectivity index (χ2n) is 7.02. The fraction of sp³-hybridized carbons (Fsp3) is 0.208. The predicted octanol–water partition coefficient (Wildman–Crippen LogP) is 5.13. The van der Waals surface area contributed by atoms with Crippen LogP contribution in [0, 0.1) is 0 Å². The van der Waals surface area contributed by atoms with E-state index < -0.39 is 0 Å². The topological polar surface area (TPSA) is 52.6 Å². The number of aryl methyl sites for hydroxylation is 1. The number of phenols is 1. The van der Waals surface area contributed by atoms with Crippen LogP contribution in [0.2, 0.25) is 0 Å². The average molecular weight is 405 g/mol. The fourth-order valence-corrected chi connectivity index (χ4v) is 4.64. The number of para-hydroxylation sites is 3. The molecule has 0 bridgehead atoms. The van der Waals surface area contributed by atoms with E-state index in [4.69, 9.17) is 0 Å². The Morgan fingerprint density at radius 3 is 2.21 bits per heavy atom. The summed E-state index contributed by atoms with van der Waals surface area (Å²) in [5.74, 6) is 0.267. The highest BCUT2D eigenvalue weighted by atomic mass is 32.2. The van der Waals surface area contributed by atoms with Gasteiger partial charge in [-0.15, -0.1) is 0 Å². The Hall–Kier alpha value is -2.92. The molecule has 0 radical (unpaired) electrons. The predicted molar refractivity (Wildman–Crippen MR) is 118 cm³/mol. The molecule has 0 atom stereocenters. The van der Waals surface area contributed by atoms with Gasteiger partial charge in [0.1, 0.15) is 5.75 Å². The Morgan fingerprint density at radius 1 is 0.897 bits per heavy atom. The Kier molecular flexibility index (Phi) is 6.06. The van der Waals surface area contributed by atoms with Crippen molar-refractivity contribution in [2.45, 2.75) is 29.1 Å². The van der Waals surface area contributed by atoms with Gasteiger partial charge in [0.2, 0.25) is 5.91 Å². The molecule has 0 saturated carbocycles.